The molecule has 1 fully saturated rings. The van der Waals surface area contributed by atoms with Gasteiger partial charge in [0.25, 0.3) is 5.91 Å². The summed E-state index contributed by atoms with van der Waals surface area (Å²) in [4.78, 5) is 41.1. The van der Waals surface area contributed by atoms with Crippen molar-refractivity contribution in [1.82, 2.24) is 19.8 Å². The van der Waals surface area contributed by atoms with Crippen LogP contribution in [0.1, 0.15) is 40.5 Å². The smallest absolute Gasteiger partial charge is 0.274 e. The Balaban J connectivity index is 1.56. The van der Waals surface area contributed by atoms with E-state index in [1.165, 1.54) is 0 Å². The van der Waals surface area contributed by atoms with Crippen LogP contribution in [0, 0.1) is 0 Å². The van der Waals surface area contributed by atoms with Crippen LogP contribution < -0.4 is 5.48 Å². The Kier molecular flexibility index (Phi) is 5.49. The summed E-state index contributed by atoms with van der Waals surface area (Å²) in [5.74, 6) is -0.510. The van der Waals surface area contributed by atoms with Crippen LogP contribution in [-0.2, 0) is 29.1 Å². The summed E-state index contributed by atoms with van der Waals surface area (Å²) in [6.07, 6.45) is 1.20. The van der Waals surface area contributed by atoms with Crippen LogP contribution in [0.5, 0.6) is 5.75 Å². The van der Waals surface area contributed by atoms with E-state index < -0.39 is 11.9 Å². The number of phenols is 1. The third-order valence-electron chi connectivity index (χ3n) is 6.76. The molecule has 0 radical (unpaired) electrons. The molecular formula is C25H26N4O5. The highest BCUT2D eigenvalue weighted by Gasteiger charge is 2.43. The Morgan fingerprint density at radius 1 is 1.12 bits per heavy atom. The van der Waals surface area contributed by atoms with E-state index in [9.17, 15) is 19.5 Å². The first-order chi connectivity index (χ1) is 16.4. The van der Waals surface area contributed by atoms with E-state index >= 15 is 0 Å². The third kappa shape index (κ3) is 3.58. The number of hydrogen-bond acceptors (Lipinski definition) is 5. The van der Waals surface area contributed by atoms with Crippen LogP contribution in [0.15, 0.2) is 42.5 Å². The number of aromatic nitrogens is 1. The van der Waals surface area contributed by atoms with Gasteiger partial charge in [0.2, 0.25) is 11.8 Å². The van der Waals surface area contributed by atoms with E-state index in [0.717, 1.165) is 34.1 Å². The fourth-order valence-electron chi connectivity index (χ4n) is 5.12. The maximum absolute atomic E-state index is 13.1. The van der Waals surface area contributed by atoms with Gasteiger partial charge in [-0.1, -0.05) is 19.1 Å². The number of phenolic OH excluding ortho intramolecular Hbond substituents is 1. The molecule has 0 spiro atoms. The number of nitrogens with one attached hydrogen (secondary N) is 1. The summed E-state index contributed by atoms with van der Waals surface area (Å²) in [7, 11) is 0. The predicted octanol–water partition coefficient (Wildman–Crippen LogP) is 2.02. The summed E-state index contributed by atoms with van der Waals surface area (Å²) in [6, 6.07) is 11.6. The van der Waals surface area contributed by atoms with E-state index in [4.69, 9.17) is 5.21 Å². The summed E-state index contributed by atoms with van der Waals surface area (Å²) >= 11 is 0. The van der Waals surface area contributed by atoms with Crippen LogP contribution >= 0.6 is 0 Å². The van der Waals surface area contributed by atoms with Gasteiger partial charge in [0, 0.05) is 41.7 Å². The first kappa shape index (κ1) is 22.0. The second kappa shape index (κ2) is 8.49. The van der Waals surface area contributed by atoms with Crippen molar-refractivity contribution in [2.24, 2.45) is 0 Å². The third-order valence-corrected chi connectivity index (χ3v) is 6.76. The molecule has 0 saturated carbocycles. The lowest BCUT2D eigenvalue weighted by Gasteiger charge is -2.43. The normalized spacial score (nSPS) is 17.6. The standard InChI is InChI=1S/C25H26N4O5/c1-2-9-27-14-23(31)29-13-22-19(11-21(29)25(27)33)18-10-17(30)7-8-20(18)28(22)12-15-3-5-16(6-4-15)24(32)26-34/h3-8,10,21,30,34H,2,9,11-14H2,1H3,(H,26,32). The molecule has 3 N–H and O–H groups in total. The first-order valence-corrected chi connectivity index (χ1v) is 11.4. The van der Waals surface area contributed by atoms with Gasteiger partial charge in [-0.05, 0) is 47.9 Å². The molecule has 1 saturated heterocycles. The zero-order valence-electron chi connectivity index (χ0n) is 18.8. The predicted molar refractivity (Wildman–Crippen MR) is 123 cm³/mol. The number of hydroxylamine groups is 1. The van der Waals surface area contributed by atoms with Gasteiger partial charge >= 0.3 is 0 Å². The topological polar surface area (TPSA) is 115 Å². The molecule has 2 aromatic carbocycles. The van der Waals surface area contributed by atoms with Crippen LogP contribution in [0.3, 0.4) is 0 Å². The van der Waals surface area contributed by atoms with Crippen molar-refractivity contribution in [3.05, 3.63) is 64.8 Å². The number of piperazine rings is 1. The van der Waals surface area contributed by atoms with Gasteiger partial charge < -0.3 is 19.5 Å². The number of nitrogens with zero attached hydrogens (tertiary/aromatic N) is 3. The highest BCUT2D eigenvalue weighted by molar-refractivity contribution is 5.97. The van der Waals surface area contributed by atoms with Crippen molar-refractivity contribution >= 4 is 28.6 Å². The summed E-state index contributed by atoms with van der Waals surface area (Å²) in [6.45, 7) is 3.47. The molecule has 5 rings (SSSR count). The van der Waals surface area contributed by atoms with Crippen LogP contribution in [-0.4, -0.2) is 61.5 Å². The van der Waals surface area contributed by atoms with E-state index in [1.54, 1.807) is 39.5 Å². The van der Waals surface area contributed by atoms with Crippen LogP contribution in [0.4, 0.5) is 0 Å². The van der Waals surface area contributed by atoms with Gasteiger partial charge in [0.05, 0.1) is 13.1 Å². The maximum Gasteiger partial charge on any atom is 0.274 e. The van der Waals surface area contributed by atoms with E-state index in [-0.39, 0.29) is 24.1 Å². The fourth-order valence-corrected chi connectivity index (χ4v) is 5.12. The Hall–Kier alpha value is -3.85. The molecular weight excluding hydrogens is 436 g/mol. The van der Waals surface area contributed by atoms with Crippen molar-refractivity contribution in [3.63, 3.8) is 0 Å². The van der Waals surface area contributed by atoms with E-state index in [2.05, 4.69) is 4.57 Å². The summed E-state index contributed by atoms with van der Waals surface area (Å²) < 4.78 is 2.11. The van der Waals surface area contributed by atoms with E-state index in [1.807, 2.05) is 25.1 Å². The molecule has 2 aliphatic rings. The number of aromatic hydroxyl groups is 1. The lowest BCUT2D eigenvalue weighted by molar-refractivity contribution is -0.157. The van der Waals surface area contributed by atoms with Crippen molar-refractivity contribution < 1.29 is 24.7 Å². The van der Waals surface area contributed by atoms with Gasteiger partial charge in [-0.3, -0.25) is 19.6 Å². The Morgan fingerprint density at radius 2 is 1.88 bits per heavy atom. The highest BCUT2D eigenvalue weighted by atomic mass is 16.5. The number of benzene rings is 2. The number of rotatable bonds is 5. The largest absolute Gasteiger partial charge is 0.508 e. The molecule has 1 aromatic heterocycles. The minimum Gasteiger partial charge on any atom is -0.508 e. The number of hydrogen-bond donors (Lipinski definition) is 3. The Labute approximate surface area is 196 Å². The highest BCUT2D eigenvalue weighted by Crippen LogP contribution is 2.37. The second-order valence-corrected chi connectivity index (χ2v) is 8.85. The molecule has 0 aliphatic carbocycles. The second-order valence-electron chi connectivity index (χ2n) is 8.85. The van der Waals surface area contributed by atoms with Crippen molar-refractivity contribution in [2.75, 3.05) is 13.1 Å². The lowest BCUT2D eigenvalue weighted by Crippen LogP contribution is -2.61. The molecule has 3 aromatic rings. The average Bonchev–Trinajstić information content (AvgIpc) is 3.13. The average molecular weight is 463 g/mol. The number of carbonyl (C=O) groups excluding carboxylic acids is 3. The van der Waals surface area contributed by atoms with Crippen molar-refractivity contribution in [2.45, 2.75) is 38.9 Å². The fraction of sp³-hybridized carbons (Fsp3) is 0.320. The zero-order valence-corrected chi connectivity index (χ0v) is 18.8. The summed E-state index contributed by atoms with van der Waals surface area (Å²) in [5, 5.41) is 19.9. The maximum atomic E-state index is 13.1. The van der Waals surface area contributed by atoms with Crippen molar-refractivity contribution in [1.29, 1.82) is 0 Å². The quantitative estimate of drug-likeness (QED) is 0.396. The molecule has 34 heavy (non-hydrogen) atoms. The van der Waals surface area contributed by atoms with E-state index in [0.29, 0.717) is 31.6 Å². The molecule has 176 valence electrons. The van der Waals surface area contributed by atoms with Crippen LogP contribution in [0.25, 0.3) is 10.9 Å². The molecule has 9 nitrogen and oxygen atoms in total. The first-order valence-electron chi connectivity index (χ1n) is 11.4. The van der Waals surface area contributed by atoms with Crippen molar-refractivity contribution in [3.8, 4) is 5.75 Å². The Bertz CT molecular complexity index is 1300. The van der Waals surface area contributed by atoms with Gasteiger partial charge in [-0.2, -0.15) is 0 Å². The summed E-state index contributed by atoms with van der Waals surface area (Å²) in [5.41, 5.74) is 5.72. The number of amides is 3. The molecule has 3 amide bonds. The SMILES string of the molecule is CCCN1CC(=O)N2Cc3c(c4cc(O)ccc4n3Cc3ccc(C(=O)NO)cc3)CC2C1=O. The molecule has 1 unspecified atom stereocenters. The molecule has 0 bridgehead atoms. The van der Waals surface area contributed by atoms with Gasteiger partial charge in [0.15, 0.2) is 0 Å². The minimum absolute atomic E-state index is 0.0223. The lowest BCUT2D eigenvalue weighted by atomic mass is 9.93. The van der Waals surface area contributed by atoms with Gasteiger partial charge in [0.1, 0.15) is 11.8 Å². The molecule has 2 aliphatic heterocycles. The molecule has 3 heterocycles. The number of fused-ring (bicyclic) bond motifs is 4. The number of carbonyl (C=O) groups is 3. The van der Waals surface area contributed by atoms with Crippen LogP contribution in [0.2, 0.25) is 0 Å². The molecule has 1 atom stereocenters. The van der Waals surface area contributed by atoms with Gasteiger partial charge in [-0.15, -0.1) is 0 Å². The molecule has 9 heteroatoms. The Morgan fingerprint density at radius 3 is 2.59 bits per heavy atom. The van der Waals surface area contributed by atoms with Gasteiger partial charge in [-0.25, -0.2) is 5.48 Å². The zero-order chi connectivity index (χ0) is 24.0. The monoisotopic (exact) mass is 462 g/mol. The minimum atomic E-state index is -0.581.